The molecule has 0 bridgehead atoms. The number of amides is 1. The summed E-state index contributed by atoms with van der Waals surface area (Å²) in [7, 11) is 0. The molecule has 0 spiro atoms. The molecule has 2 aliphatic heterocycles. The van der Waals surface area contributed by atoms with Gasteiger partial charge >= 0.3 is 0 Å². The summed E-state index contributed by atoms with van der Waals surface area (Å²) in [6.07, 6.45) is 7.79. The van der Waals surface area contributed by atoms with E-state index in [-0.39, 0.29) is 23.8 Å². The number of pyridine rings is 2. The van der Waals surface area contributed by atoms with Gasteiger partial charge in [0.2, 0.25) is 0 Å². The quantitative estimate of drug-likeness (QED) is 0.719. The van der Waals surface area contributed by atoms with Crippen molar-refractivity contribution in [2.45, 2.75) is 13.0 Å². The molecular formula is C21H23N5O3. The molecule has 2 saturated heterocycles. The van der Waals surface area contributed by atoms with Crippen molar-refractivity contribution in [1.82, 2.24) is 24.4 Å². The van der Waals surface area contributed by atoms with Gasteiger partial charge in [-0.15, -0.1) is 0 Å². The third-order valence-corrected chi connectivity index (χ3v) is 6.19. The molecule has 5 rings (SSSR count). The van der Waals surface area contributed by atoms with Gasteiger partial charge in [0.15, 0.2) is 5.65 Å². The van der Waals surface area contributed by atoms with Crippen molar-refractivity contribution in [3.8, 4) is 0 Å². The largest absolute Gasteiger partial charge is 0.396 e. The lowest BCUT2D eigenvalue weighted by Crippen LogP contribution is -2.43. The van der Waals surface area contributed by atoms with Gasteiger partial charge in [-0.05, 0) is 30.0 Å². The fraction of sp³-hybridized carbons (Fsp3) is 0.429. The maximum atomic E-state index is 13.1. The van der Waals surface area contributed by atoms with Crippen molar-refractivity contribution in [1.29, 1.82) is 0 Å². The average molecular weight is 393 g/mol. The summed E-state index contributed by atoms with van der Waals surface area (Å²) < 4.78 is 7.54. The number of aromatic nitrogens is 4. The number of imidazole rings is 1. The Morgan fingerprint density at radius 3 is 3.07 bits per heavy atom. The molecule has 2 aliphatic rings. The summed E-state index contributed by atoms with van der Waals surface area (Å²) in [5, 5.41) is 9.94. The number of likely N-dealkylation sites (tertiary alicyclic amines) is 1. The van der Waals surface area contributed by atoms with Crippen LogP contribution in [-0.4, -0.2) is 68.3 Å². The molecule has 29 heavy (non-hydrogen) atoms. The molecule has 0 saturated carbocycles. The molecule has 1 N–H and O–H groups in total. The number of nitrogens with zero attached hydrogens (tertiary/aromatic N) is 5. The average Bonchev–Trinajstić information content (AvgIpc) is 3.35. The minimum Gasteiger partial charge on any atom is -0.396 e. The van der Waals surface area contributed by atoms with E-state index in [9.17, 15) is 9.90 Å². The first-order valence-electron chi connectivity index (χ1n) is 9.86. The Labute approximate surface area is 168 Å². The van der Waals surface area contributed by atoms with Crippen LogP contribution in [0.15, 0.2) is 43.1 Å². The van der Waals surface area contributed by atoms with E-state index < -0.39 is 0 Å². The van der Waals surface area contributed by atoms with Crippen LogP contribution in [0.3, 0.4) is 0 Å². The summed E-state index contributed by atoms with van der Waals surface area (Å²) in [5.74, 6) is 0.212. The van der Waals surface area contributed by atoms with Gasteiger partial charge in [0.25, 0.3) is 5.91 Å². The van der Waals surface area contributed by atoms with Gasteiger partial charge in [-0.2, -0.15) is 0 Å². The fourth-order valence-corrected chi connectivity index (χ4v) is 4.53. The smallest absolute Gasteiger partial charge is 0.255 e. The maximum absolute atomic E-state index is 13.1. The lowest BCUT2D eigenvalue weighted by atomic mass is 9.76. The minimum atomic E-state index is -0.337. The third-order valence-electron chi connectivity index (χ3n) is 6.19. The van der Waals surface area contributed by atoms with Crippen molar-refractivity contribution in [3.05, 3.63) is 54.2 Å². The van der Waals surface area contributed by atoms with Crippen molar-refractivity contribution in [2.75, 3.05) is 32.9 Å². The zero-order valence-corrected chi connectivity index (χ0v) is 16.1. The van der Waals surface area contributed by atoms with Crippen LogP contribution < -0.4 is 0 Å². The predicted molar refractivity (Wildman–Crippen MR) is 105 cm³/mol. The van der Waals surface area contributed by atoms with Crippen molar-refractivity contribution >= 4 is 17.1 Å². The Balaban J connectivity index is 1.38. The first-order chi connectivity index (χ1) is 14.2. The van der Waals surface area contributed by atoms with Gasteiger partial charge in [-0.25, -0.2) is 9.97 Å². The van der Waals surface area contributed by atoms with Crippen molar-refractivity contribution in [3.63, 3.8) is 0 Å². The van der Waals surface area contributed by atoms with E-state index in [0.717, 1.165) is 17.6 Å². The molecule has 3 aromatic rings. The fourth-order valence-electron chi connectivity index (χ4n) is 4.53. The lowest BCUT2D eigenvalue weighted by Gasteiger charge is -2.36. The molecule has 3 aromatic heterocycles. The molecule has 8 nitrogen and oxygen atoms in total. The van der Waals surface area contributed by atoms with Crippen LogP contribution in [0.1, 0.15) is 22.3 Å². The van der Waals surface area contributed by atoms with Crippen LogP contribution in [0.25, 0.3) is 11.2 Å². The normalized spacial score (nSPS) is 24.0. The highest BCUT2D eigenvalue weighted by Gasteiger charge is 2.49. The van der Waals surface area contributed by atoms with E-state index in [4.69, 9.17) is 4.74 Å². The Kier molecular flexibility index (Phi) is 4.52. The maximum Gasteiger partial charge on any atom is 0.255 e. The molecule has 8 heteroatoms. The van der Waals surface area contributed by atoms with E-state index in [2.05, 4.69) is 15.0 Å². The number of hydrogen-bond acceptors (Lipinski definition) is 6. The second kappa shape index (κ2) is 7.20. The monoisotopic (exact) mass is 393 g/mol. The predicted octanol–water partition coefficient (Wildman–Crippen LogP) is 1.35. The van der Waals surface area contributed by atoms with Gasteiger partial charge in [-0.1, -0.05) is 6.07 Å². The van der Waals surface area contributed by atoms with Crippen LogP contribution in [0.5, 0.6) is 0 Å². The van der Waals surface area contributed by atoms with Crippen LogP contribution >= 0.6 is 0 Å². The number of carbonyl (C=O) groups excluding carboxylic acids is 1. The summed E-state index contributed by atoms with van der Waals surface area (Å²) in [5.41, 5.74) is 2.68. The van der Waals surface area contributed by atoms with Crippen molar-refractivity contribution in [2.24, 2.45) is 11.3 Å². The van der Waals surface area contributed by atoms with E-state index in [1.807, 2.05) is 27.8 Å². The number of fused-ring (bicyclic) bond motifs is 2. The summed E-state index contributed by atoms with van der Waals surface area (Å²) in [6.45, 7) is 3.02. The van der Waals surface area contributed by atoms with Gasteiger partial charge in [0.05, 0.1) is 31.6 Å². The highest BCUT2D eigenvalue weighted by Crippen LogP contribution is 2.41. The standard InChI is InChI=1S/C21H23N5O3/c27-12-21-11-25(10-17(21)3-5-29-13-21)20(28)16-6-18-19(23-8-16)26(14-24-18)9-15-2-1-4-22-7-15/h1-2,4,6-8,14,17,27H,3,5,9-13H2/t17-,21+/m0/s1. The van der Waals surface area contributed by atoms with Gasteiger partial charge in [-0.3, -0.25) is 9.78 Å². The molecule has 2 atom stereocenters. The lowest BCUT2D eigenvalue weighted by molar-refractivity contribution is -0.0556. The van der Waals surface area contributed by atoms with Crippen LogP contribution in [0, 0.1) is 11.3 Å². The molecule has 150 valence electrons. The van der Waals surface area contributed by atoms with Crippen LogP contribution in [0.4, 0.5) is 0 Å². The number of aliphatic hydroxyl groups excluding tert-OH is 1. The minimum absolute atomic E-state index is 0.0392. The summed E-state index contributed by atoms with van der Waals surface area (Å²) in [6, 6.07) is 5.70. The molecule has 0 unspecified atom stereocenters. The number of aliphatic hydroxyl groups is 1. The van der Waals surface area contributed by atoms with Gasteiger partial charge in [0, 0.05) is 43.7 Å². The van der Waals surface area contributed by atoms with Crippen molar-refractivity contribution < 1.29 is 14.6 Å². The second-order valence-electron chi connectivity index (χ2n) is 8.04. The molecule has 0 aromatic carbocycles. The summed E-state index contributed by atoms with van der Waals surface area (Å²) in [4.78, 5) is 28.0. The topological polar surface area (TPSA) is 93.4 Å². The molecule has 2 fully saturated rings. The Morgan fingerprint density at radius 2 is 2.28 bits per heavy atom. The summed E-state index contributed by atoms with van der Waals surface area (Å²) >= 11 is 0. The molecular weight excluding hydrogens is 370 g/mol. The first kappa shape index (κ1) is 18.2. The third kappa shape index (κ3) is 3.18. The highest BCUT2D eigenvalue weighted by atomic mass is 16.5. The Morgan fingerprint density at radius 1 is 1.34 bits per heavy atom. The first-order valence-corrected chi connectivity index (χ1v) is 9.86. The molecule has 1 amide bonds. The molecule has 0 aliphatic carbocycles. The number of ether oxygens (including phenoxy) is 1. The zero-order chi connectivity index (χ0) is 19.8. The number of hydrogen-bond donors (Lipinski definition) is 1. The van der Waals surface area contributed by atoms with Gasteiger partial charge < -0.3 is 19.3 Å². The molecule has 5 heterocycles. The van der Waals surface area contributed by atoms with E-state index in [1.165, 1.54) is 0 Å². The highest BCUT2D eigenvalue weighted by molar-refractivity contribution is 5.96. The Bertz CT molecular complexity index is 1040. The van der Waals surface area contributed by atoms with Crippen LogP contribution in [-0.2, 0) is 11.3 Å². The Hall–Kier alpha value is -2.84. The van der Waals surface area contributed by atoms with E-state index in [1.54, 1.807) is 24.8 Å². The van der Waals surface area contributed by atoms with Gasteiger partial charge in [0.1, 0.15) is 5.52 Å². The SMILES string of the molecule is O=C(c1cnc2c(c1)ncn2Cc1cccnc1)N1C[C@@H]2CCOC[C@]2(CO)C1. The molecule has 0 radical (unpaired) electrons. The van der Waals surface area contributed by atoms with Crippen LogP contribution in [0.2, 0.25) is 0 Å². The van der Waals surface area contributed by atoms with E-state index >= 15 is 0 Å². The zero-order valence-electron chi connectivity index (χ0n) is 16.1. The second-order valence-corrected chi connectivity index (χ2v) is 8.04. The number of rotatable bonds is 4. The van der Waals surface area contributed by atoms with E-state index in [0.29, 0.717) is 43.9 Å². The number of carbonyl (C=O) groups is 1.